The lowest BCUT2D eigenvalue weighted by molar-refractivity contribution is -0.290. The fraction of sp³-hybridized carbons (Fsp3) is 0.364. The molecular formula is C11H9F5O3S. The van der Waals surface area contributed by atoms with Crippen molar-refractivity contribution in [3.8, 4) is 0 Å². The zero-order chi connectivity index (χ0) is 15.9. The highest BCUT2D eigenvalue weighted by Crippen LogP contribution is 2.46. The zero-order valence-electron chi connectivity index (χ0n) is 10.2. The number of hydrogen-bond donors (Lipinski definition) is 1. The molecule has 0 saturated carbocycles. The van der Waals surface area contributed by atoms with Gasteiger partial charge in [0.15, 0.2) is 0 Å². The molecule has 0 amide bonds. The minimum absolute atomic E-state index is 0.348. The standard InChI is InChI=1S/C11H9F5O3S/c1-5-6(9(17)18)3-4-7(8(5)20(2)19)10(12,13)11(14,15)16/h3-4H,1-2H3,(H,17,18)/t20-/m0/s1. The van der Waals surface area contributed by atoms with E-state index in [9.17, 15) is 31.0 Å². The molecule has 1 aromatic carbocycles. The maximum absolute atomic E-state index is 13.4. The van der Waals surface area contributed by atoms with Crippen LogP contribution >= 0.6 is 0 Å². The van der Waals surface area contributed by atoms with Gasteiger partial charge in [-0.3, -0.25) is 4.21 Å². The molecule has 0 aliphatic heterocycles. The van der Waals surface area contributed by atoms with Crippen molar-refractivity contribution >= 4 is 16.8 Å². The van der Waals surface area contributed by atoms with E-state index in [0.29, 0.717) is 12.1 Å². The molecular weight excluding hydrogens is 307 g/mol. The highest BCUT2D eigenvalue weighted by Gasteiger charge is 2.60. The molecule has 20 heavy (non-hydrogen) atoms. The Balaban J connectivity index is 3.71. The molecule has 0 heterocycles. The summed E-state index contributed by atoms with van der Waals surface area (Å²) >= 11 is 0. The highest BCUT2D eigenvalue weighted by molar-refractivity contribution is 7.84. The predicted molar refractivity (Wildman–Crippen MR) is 60.4 cm³/mol. The molecule has 1 rings (SSSR count). The van der Waals surface area contributed by atoms with E-state index in [0.717, 1.165) is 13.2 Å². The fourth-order valence-electron chi connectivity index (χ4n) is 1.69. The summed E-state index contributed by atoms with van der Waals surface area (Å²) in [6, 6.07) is 0.990. The monoisotopic (exact) mass is 316 g/mol. The number of hydrogen-bond acceptors (Lipinski definition) is 2. The largest absolute Gasteiger partial charge is 0.478 e. The Kier molecular flexibility index (Phi) is 4.23. The van der Waals surface area contributed by atoms with E-state index < -0.39 is 44.9 Å². The first-order valence-electron chi connectivity index (χ1n) is 5.06. The van der Waals surface area contributed by atoms with Crippen LogP contribution in [0.3, 0.4) is 0 Å². The van der Waals surface area contributed by atoms with E-state index >= 15 is 0 Å². The average molecular weight is 316 g/mol. The third-order valence-corrected chi connectivity index (χ3v) is 3.72. The van der Waals surface area contributed by atoms with Crippen LogP contribution in [0.5, 0.6) is 0 Å². The van der Waals surface area contributed by atoms with Gasteiger partial charge in [-0.15, -0.1) is 0 Å². The summed E-state index contributed by atoms with van der Waals surface area (Å²) in [6.45, 7) is 1.04. The SMILES string of the molecule is Cc1c(C(=O)O)ccc(C(F)(F)C(F)(F)F)c1[S@](C)=O. The number of aromatic carboxylic acids is 1. The van der Waals surface area contributed by atoms with E-state index in [1.54, 1.807) is 0 Å². The predicted octanol–water partition coefficient (Wildman–Crippen LogP) is 3.08. The second-order valence-electron chi connectivity index (χ2n) is 3.95. The molecule has 0 aliphatic carbocycles. The number of benzene rings is 1. The second-order valence-corrected chi connectivity index (χ2v) is 5.26. The Morgan fingerprint density at radius 3 is 2.05 bits per heavy atom. The van der Waals surface area contributed by atoms with E-state index in [2.05, 4.69) is 0 Å². The maximum atomic E-state index is 13.4. The van der Waals surface area contributed by atoms with E-state index in [1.807, 2.05) is 0 Å². The zero-order valence-corrected chi connectivity index (χ0v) is 11.0. The van der Waals surface area contributed by atoms with Crippen LogP contribution in [0.2, 0.25) is 0 Å². The van der Waals surface area contributed by atoms with Gasteiger partial charge in [-0.1, -0.05) is 6.07 Å². The Morgan fingerprint density at radius 2 is 1.70 bits per heavy atom. The summed E-state index contributed by atoms with van der Waals surface area (Å²) in [5.74, 6) is -6.72. The highest BCUT2D eigenvalue weighted by atomic mass is 32.2. The molecule has 1 aromatic rings. The molecule has 1 N–H and O–H groups in total. The van der Waals surface area contributed by atoms with Crippen LogP contribution in [0, 0.1) is 6.92 Å². The minimum Gasteiger partial charge on any atom is -0.478 e. The Hall–Kier alpha value is -1.51. The number of carboxylic acid groups (broad SMARTS) is 1. The van der Waals surface area contributed by atoms with Crippen molar-refractivity contribution in [1.29, 1.82) is 0 Å². The van der Waals surface area contributed by atoms with E-state index in [1.165, 1.54) is 0 Å². The van der Waals surface area contributed by atoms with Gasteiger partial charge >= 0.3 is 18.1 Å². The van der Waals surface area contributed by atoms with Crippen LogP contribution in [0.4, 0.5) is 22.0 Å². The molecule has 0 fully saturated rings. The first-order chi connectivity index (χ1) is 8.91. The number of carbonyl (C=O) groups is 1. The van der Waals surface area contributed by atoms with Crippen LogP contribution in [0.1, 0.15) is 21.5 Å². The van der Waals surface area contributed by atoms with E-state index in [4.69, 9.17) is 5.11 Å². The normalized spacial score (nSPS) is 14.2. The molecule has 112 valence electrons. The fourth-order valence-corrected chi connectivity index (χ4v) is 2.74. The molecule has 9 heteroatoms. The number of halogens is 5. The first-order valence-corrected chi connectivity index (χ1v) is 6.62. The van der Waals surface area contributed by atoms with Crippen molar-refractivity contribution in [2.45, 2.75) is 23.9 Å². The van der Waals surface area contributed by atoms with Crippen molar-refractivity contribution in [3.63, 3.8) is 0 Å². The van der Waals surface area contributed by atoms with Gasteiger partial charge in [-0.25, -0.2) is 4.79 Å². The van der Waals surface area contributed by atoms with Crippen molar-refractivity contribution in [2.24, 2.45) is 0 Å². The molecule has 0 radical (unpaired) electrons. The summed E-state index contributed by atoms with van der Waals surface area (Å²) in [7, 11) is -2.20. The molecule has 3 nitrogen and oxygen atoms in total. The lowest BCUT2D eigenvalue weighted by atomic mass is 10.0. The van der Waals surface area contributed by atoms with Crippen LogP contribution in [-0.2, 0) is 16.7 Å². The smallest absolute Gasteiger partial charge is 0.458 e. The number of carboxylic acids is 1. The average Bonchev–Trinajstić information content (AvgIpc) is 2.25. The maximum Gasteiger partial charge on any atom is 0.458 e. The van der Waals surface area contributed by atoms with Crippen molar-refractivity contribution in [3.05, 3.63) is 28.8 Å². The Bertz CT molecular complexity index is 580. The summed E-state index contributed by atoms with van der Waals surface area (Å²) < 4.78 is 75.4. The molecule has 0 saturated heterocycles. The third-order valence-electron chi connectivity index (χ3n) is 2.62. The van der Waals surface area contributed by atoms with Crippen LogP contribution < -0.4 is 0 Å². The second kappa shape index (κ2) is 5.12. The van der Waals surface area contributed by atoms with Gasteiger partial charge in [0.2, 0.25) is 0 Å². The van der Waals surface area contributed by atoms with Crippen molar-refractivity contribution < 1.29 is 36.1 Å². The van der Waals surface area contributed by atoms with Crippen LogP contribution in [-0.4, -0.2) is 27.7 Å². The minimum atomic E-state index is -5.86. The molecule has 0 unspecified atom stereocenters. The number of rotatable bonds is 3. The molecule has 1 atom stereocenters. The Labute approximate surface area is 112 Å². The molecule has 0 aliphatic rings. The lowest BCUT2D eigenvalue weighted by Gasteiger charge is -2.23. The van der Waals surface area contributed by atoms with Gasteiger partial charge in [0.05, 0.1) is 21.3 Å². The summed E-state index contributed by atoms with van der Waals surface area (Å²) in [5.41, 5.74) is -2.34. The van der Waals surface area contributed by atoms with Crippen molar-refractivity contribution in [2.75, 3.05) is 6.26 Å². The Morgan fingerprint density at radius 1 is 1.20 bits per heavy atom. The molecule has 0 aromatic heterocycles. The van der Waals surface area contributed by atoms with E-state index in [-0.39, 0.29) is 5.56 Å². The number of alkyl halides is 5. The van der Waals surface area contributed by atoms with Crippen LogP contribution in [0.15, 0.2) is 17.0 Å². The van der Waals surface area contributed by atoms with Gasteiger partial charge in [0, 0.05) is 11.8 Å². The van der Waals surface area contributed by atoms with Gasteiger partial charge in [0.1, 0.15) is 0 Å². The molecule has 0 bridgehead atoms. The van der Waals surface area contributed by atoms with Gasteiger partial charge in [0.25, 0.3) is 0 Å². The van der Waals surface area contributed by atoms with Gasteiger partial charge < -0.3 is 5.11 Å². The first kappa shape index (κ1) is 16.5. The third kappa shape index (κ3) is 2.67. The van der Waals surface area contributed by atoms with Gasteiger partial charge in [-0.05, 0) is 18.6 Å². The van der Waals surface area contributed by atoms with Gasteiger partial charge in [-0.2, -0.15) is 22.0 Å². The summed E-state index contributed by atoms with van der Waals surface area (Å²) in [4.78, 5) is 10.0. The lowest BCUT2D eigenvalue weighted by Crippen LogP contribution is -2.35. The van der Waals surface area contributed by atoms with Crippen molar-refractivity contribution in [1.82, 2.24) is 0 Å². The van der Waals surface area contributed by atoms with Crippen LogP contribution in [0.25, 0.3) is 0 Å². The quantitative estimate of drug-likeness (QED) is 0.872. The summed E-state index contributed by atoms with van der Waals surface area (Å²) in [5, 5.41) is 8.82. The topological polar surface area (TPSA) is 54.4 Å². The summed E-state index contributed by atoms with van der Waals surface area (Å²) in [6.07, 6.45) is -4.96. The molecule has 0 spiro atoms.